The van der Waals surface area contributed by atoms with Crippen molar-refractivity contribution in [2.24, 2.45) is 5.73 Å². The molecule has 1 fully saturated rings. The van der Waals surface area contributed by atoms with E-state index in [0.717, 1.165) is 31.0 Å². The van der Waals surface area contributed by atoms with E-state index in [1.54, 1.807) is 0 Å². The first kappa shape index (κ1) is 14.7. The summed E-state index contributed by atoms with van der Waals surface area (Å²) >= 11 is 1.86. The molecule has 1 aromatic carbocycles. The molecule has 106 valence electrons. The molecule has 0 spiro atoms. The fourth-order valence-corrected chi connectivity index (χ4v) is 3.43. The zero-order valence-corrected chi connectivity index (χ0v) is 11.5. The van der Waals surface area contributed by atoms with E-state index in [-0.39, 0.29) is 12.6 Å². The van der Waals surface area contributed by atoms with Gasteiger partial charge in [0.2, 0.25) is 0 Å². The summed E-state index contributed by atoms with van der Waals surface area (Å²) in [5, 5.41) is 0.456. The van der Waals surface area contributed by atoms with Crippen LogP contribution in [0.4, 0.5) is 13.2 Å². The number of hydrogen-bond donors (Lipinski definition) is 1. The lowest BCUT2D eigenvalue weighted by molar-refractivity contribution is 0.210. The summed E-state index contributed by atoms with van der Waals surface area (Å²) in [5.41, 5.74) is 6.13. The Balaban J connectivity index is 2.26. The highest BCUT2D eigenvalue weighted by molar-refractivity contribution is 7.99. The topological polar surface area (TPSA) is 29.3 Å². The van der Waals surface area contributed by atoms with Gasteiger partial charge in [-0.3, -0.25) is 4.90 Å². The Bertz CT molecular complexity index is 433. The summed E-state index contributed by atoms with van der Waals surface area (Å²) in [6, 6.07) is 1.82. The predicted molar refractivity (Wildman–Crippen MR) is 71.6 cm³/mol. The maximum Gasteiger partial charge on any atom is 0.194 e. The normalized spacial score (nSPS) is 22.5. The average molecular weight is 290 g/mol. The highest BCUT2D eigenvalue weighted by atomic mass is 32.2. The Morgan fingerprint density at radius 2 is 2.00 bits per heavy atom. The molecule has 19 heavy (non-hydrogen) atoms. The van der Waals surface area contributed by atoms with Crippen LogP contribution in [0.3, 0.4) is 0 Å². The van der Waals surface area contributed by atoms with Crippen molar-refractivity contribution in [3.63, 3.8) is 0 Å². The van der Waals surface area contributed by atoms with E-state index in [2.05, 4.69) is 11.8 Å². The molecule has 2 atom stereocenters. The van der Waals surface area contributed by atoms with Gasteiger partial charge >= 0.3 is 0 Å². The van der Waals surface area contributed by atoms with Crippen LogP contribution < -0.4 is 5.73 Å². The summed E-state index contributed by atoms with van der Waals surface area (Å²) < 4.78 is 39.6. The molecule has 0 aliphatic carbocycles. The minimum atomic E-state index is -1.43. The molecular formula is C13H17F3N2S. The monoisotopic (exact) mass is 290 g/mol. The SMILES string of the molecule is CC1CN(C(CN)c2cc(F)c(F)c(F)c2)CCS1. The molecule has 2 nitrogen and oxygen atoms in total. The second kappa shape index (κ2) is 6.15. The van der Waals surface area contributed by atoms with Gasteiger partial charge in [-0.25, -0.2) is 13.2 Å². The fourth-order valence-electron chi connectivity index (χ4n) is 2.39. The quantitative estimate of drug-likeness (QED) is 0.868. The van der Waals surface area contributed by atoms with E-state index in [4.69, 9.17) is 5.73 Å². The van der Waals surface area contributed by atoms with Gasteiger partial charge in [0.1, 0.15) is 0 Å². The molecule has 2 unspecified atom stereocenters. The van der Waals surface area contributed by atoms with Gasteiger partial charge in [-0.05, 0) is 17.7 Å². The maximum atomic E-state index is 13.3. The second-order valence-corrected chi connectivity index (χ2v) is 6.27. The van der Waals surface area contributed by atoms with Gasteiger partial charge in [0, 0.05) is 36.7 Å². The largest absolute Gasteiger partial charge is 0.329 e. The van der Waals surface area contributed by atoms with Crippen LogP contribution in [-0.4, -0.2) is 35.5 Å². The lowest BCUT2D eigenvalue weighted by atomic mass is 10.0. The van der Waals surface area contributed by atoms with Crippen molar-refractivity contribution in [2.75, 3.05) is 25.4 Å². The van der Waals surface area contributed by atoms with Gasteiger partial charge in [-0.2, -0.15) is 11.8 Å². The lowest BCUT2D eigenvalue weighted by Gasteiger charge is -2.36. The van der Waals surface area contributed by atoms with Crippen molar-refractivity contribution in [1.82, 2.24) is 4.90 Å². The number of benzene rings is 1. The maximum absolute atomic E-state index is 13.3. The summed E-state index contributed by atoms with van der Waals surface area (Å²) in [4.78, 5) is 2.10. The molecule has 1 aromatic rings. The minimum absolute atomic E-state index is 0.252. The van der Waals surface area contributed by atoms with E-state index >= 15 is 0 Å². The smallest absolute Gasteiger partial charge is 0.194 e. The molecule has 2 N–H and O–H groups in total. The molecule has 1 aliphatic heterocycles. The second-order valence-electron chi connectivity index (χ2n) is 4.73. The standard InChI is InChI=1S/C13H17F3N2S/c1-8-7-18(2-3-19-8)12(6-17)9-4-10(14)13(16)11(15)5-9/h4-5,8,12H,2-3,6-7,17H2,1H3. The molecule has 0 saturated carbocycles. The molecule has 1 heterocycles. The molecule has 2 rings (SSSR count). The van der Waals surface area contributed by atoms with Crippen LogP contribution in [0.1, 0.15) is 18.5 Å². The van der Waals surface area contributed by atoms with E-state index in [0.29, 0.717) is 10.8 Å². The van der Waals surface area contributed by atoms with Crippen molar-refractivity contribution in [2.45, 2.75) is 18.2 Å². The van der Waals surface area contributed by atoms with Gasteiger partial charge in [0.05, 0.1) is 0 Å². The third-order valence-electron chi connectivity index (χ3n) is 3.33. The molecule has 0 bridgehead atoms. The molecule has 1 aliphatic rings. The lowest BCUT2D eigenvalue weighted by Crippen LogP contribution is -2.42. The average Bonchev–Trinajstić information content (AvgIpc) is 2.37. The number of rotatable bonds is 3. The van der Waals surface area contributed by atoms with Crippen LogP contribution in [0.25, 0.3) is 0 Å². The Morgan fingerprint density at radius 3 is 2.53 bits per heavy atom. The zero-order valence-electron chi connectivity index (χ0n) is 10.7. The highest BCUT2D eigenvalue weighted by Crippen LogP contribution is 2.28. The van der Waals surface area contributed by atoms with E-state index in [1.165, 1.54) is 0 Å². The number of halogens is 3. The van der Waals surface area contributed by atoms with E-state index < -0.39 is 17.5 Å². The first-order valence-electron chi connectivity index (χ1n) is 6.23. The van der Waals surface area contributed by atoms with Crippen LogP contribution >= 0.6 is 11.8 Å². The molecule has 6 heteroatoms. The van der Waals surface area contributed by atoms with Gasteiger partial charge in [-0.15, -0.1) is 0 Å². The fraction of sp³-hybridized carbons (Fsp3) is 0.538. The summed E-state index contributed by atoms with van der Waals surface area (Å²) in [6.07, 6.45) is 0. The first-order chi connectivity index (χ1) is 9.02. The van der Waals surface area contributed by atoms with Crippen molar-refractivity contribution >= 4 is 11.8 Å². The van der Waals surface area contributed by atoms with Crippen LogP contribution in [0, 0.1) is 17.5 Å². The first-order valence-corrected chi connectivity index (χ1v) is 7.28. The highest BCUT2D eigenvalue weighted by Gasteiger charge is 2.26. The van der Waals surface area contributed by atoms with Gasteiger partial charge in [0.15, 0.2) is 17.5 Å². The molecule has 1 saturated heterocycles. The van der Waals surface area contributed by atoms with Gasteiger partial charge < -0.3 is 5.73 Å². The Labute approximate surface area is 115 Å². The summed E-state index contributed by atoms with van der Waals surface area (Å²) in [5.74, 6) is -2.79. The number of nitrogens with two attached hydrogens (primary N) is 1. The number of hydrogen-bond acceptors (Lipinski definition) is 3. The van der Waals surface area contributed by atoms with Crippen molar-refractivity contribution in [3.05, 3.63) is 35.1 Å². The van der Waals surface area contributed by atoms with Crippen molar-refractivity contribution < 1.29 is 13.2 Å². The third kappa shape index (κ3) is 3.24. The predicted octanol–water partition coefficient (Wildman–Crippen LogP) is 2.54. The van der Waals surface area contributed by atoms with E-state index in [9.17, 15) is 13.2 Å². The minimum Gasteiger partial charge on any atom is -0.329 e. The molecule has 0 radical (unpaired) electrons. The Hall–Kier alpha value is -0.720. The van der Waals surface area contributed by atoms with Crippen LogP contribution in [0.15, 0.2) is 12.1 Å². The molecule has 0 amide bonds. The van der Waals surface area contributed by atoms with Crippen molar-refractivity contribution in [3.8, 4) is 0 Å². The number of nitrogens with zero attached hydrogens (tertiary/aromatic N) is 1. The van der Waals surface area contributed by atoms with Gasteiger partial charge in [-0.1, -0.05) is 6.92 Å². The van der Waals surface area contributed by atoms with Crippen molar-refractivity contribution in [1.29, 1.82) is 0 Å². The summed E-state index contributed by atoms with van der Waals surface area (Å²) in [7, 11) is 0. The van der Waals surface area contributed by atoms with Crippen LogP contribution in [0.2, 0.25) is 0 Å². The summed E-state index contributed by atoms with van der Waals surface area (Å²) in [6.45, 7) is 3.99. The van der Waals surface area contributed by atoms with E-state index in [1.807, 2.05) is 11.8 Å². The van der Waals surface area contributed by atoms with Crippen LogP contribution in [-0.2, 0) is 0 Å². The Kier molecular flexibility index (Phi) is 4.76. The zero-order chi connectivity index (χ0) is 14.0. The number of thioether (sulfide) groups is 1. The van der Waals surface area contributed by atoms with Crippen LogP contribution in [0.5, 0.6) is 0 Å². The molecule has 0 aromatic heterocycles. The third-order valence-corrected chi connectivity index (χ3v) is 4.46. The van der Waals surface area contributed by atoms with Gasteiger partial charge in [0.25, 0.3) is 0 Å². The molecular weight excluding hydrogens is 273 g/mol. The Morgan fingerprint density at radius 1 is 1.37 bits per heavy atom.